The largest absolute Gasteiger partial charge is 1.00 e. The molecule has 0 aliphatic rings. The summed E-state index contributed by atoms with van der Waals surface area (Å²) >= 11 is 0. The molecule has 0 aromatic carbocycles. The fourth-order valence-electron chi connectivity index (χ4n) is 0.714. The minimum absolute atomic E-state index is 0. The number of carbonyl (C=O) groups is 3. The summed E-state index contributed by atoms with van der Waals surface area (Å²) < 4.78 is 0. The third-order valence-electron chi connectivity index (χ3n) is 1.29. The summed E-state index contributed by atoms with van der Waals surface area (Å²) in [7, 11) is 0. The molecule has 0 atom stereocenters. The van der Waals surface area contributed by atoms with Crippen LogP contribution in [-0.4, -0.2) is 43.9 Å². The maximum atomic E-state index is 10.3. The van der Waals surface area contributed by atoms with E-state index in [2.05, 4.69) is 0 Å². The van der Waals surface area contributed by atoms with Crippen molar-refractivity contribution >= 4 is 30.3 Å². The molecule has 0 bridgehead atoms. The van der Waals surface area contributed by atoms with Gasteiger partial charge in [0.15, 0.2) is 5.60 Å². The zero-order valence-corrected chi connectivity index (χ0v) is 16.7. The summed E-state index contributed by atoms with van der Waals surface area (Å²) in [6.45, 7) is 0. The quantitative estimate of drug-likeness (QED) is 0.371. The molecule has 11 heteroatoms. The second-order valence-electron chi connectivity index (χ2n) is 2.48. The second kappa shape index (κ2) is 14.1. The van der Waals surface area contributed by atoms with Crippen molar-refractivity contribution in [2.75, 3.05) is 0 Å². The first-order chi connectivity index (χ1) is 5.78. The van der Waals surface area contributed by atoms with Gasteiger partial charge in [-0.1, -0.05) is 0 Å². The van der Waals surface area contributed by atoms with E-state index in [9.17, 15) is 14.4 Å². The van der Waals surface area contributed by atoms with E-state index < -0.39 is 36.4 Å². The molecular weight excluding hydrogens is 288 g/mol. The number of hydrogen-bond acceptors (Lipinski definition) is 4. The standard InChI is InChI=1S/C6H8O7.ClH.3Na.3H/c7-3(8)1-6(13,5(11)12)2-4(9)10;;;;;;;/h13H,1-2H2,(H,7,8)(H,9,10)(H,11,12);1H;;;;;;/q;;3*+1;3*-1. The van der Waals surface area contributed by atoms with Crippen LogP contribution in [0.4, 0.5) is 0 Å². The van der Waals surface area contributed by atoms with Crippen LogP contribution in [-0.2, 0) is 14.4 Å². The van der Waals surface area contributed by atoms with Crippen LogP contribution < -0.4 is 88.7 Å². The molecule has 4 N–H and O–H groups in total. The zero-order chi connectivity index (χ0) is 10.6. The van der Waals surface area contributed by atoms with Crippen LogP contribution in [0.25, 0.3) is 0 Å². The summed E-state index contributed by atoms with van der Waals surface area (Å²) in [6.07, 6.45) is -2.29. The molecule has 0 rings (SSSR count). The van der Waals surface area contributed by atoms with Crippen molar-refractivity contribution in [3.63, 3.8) is 0 Å². The molecule has 0 aromatic heterocycles. The van der Waals surface area contributed by atoms with E-state index in [1.807, 2.05) is 0 Å². The van der Waals surface area contributed by atoms with Gasteiger partial charge < -0.3 is 24.7 Å². The Morgan fingerprint density at radius 1 is 0.882 bits per heavy atom. The van der Waals surface area contributed by atoms with Gasteiger partial charge in [-0.2, -0.15) is 0 Å². The first kappa shape index (κ1) is 31.2. The average molecular weight is 301 g/mol. The monoisotopic (exact) mass is 300 g/mol. The zero-order valence-electron chi connectivity index (χ0n) is 12.8. The van der Waals surface area contributed by atoms with Gasteiger partial charge in [0.2, 0.25) is 0 Å². The van der Waals surface area contributed by atoms with Gasteiger partial charge in [-0.05, 0) is 0 Å². The minimum atomic E-state index is -2.74. The molecular formula is C6H12ClNa3O7. The van der Waals surface area contributed by atoms with Gasteiger partial charge in [-0.15, -0.1) is 12.4 Å². The van der Waals surface area contributed by atoms with E-state index in [0.29, 0.717) is 0 Å². The van der Waals surface area contributed by atoms with Crippen molar-refractivity contribution in [2.24, 2.45) is 0 Å². The maximum absolute atomic E-state index is 10.3. The molecule has 17 heavy (non-hydrogen) atoms. The number of aliphatic hydroxyl groups is 1. The third-order valence-corrected chi connectivity index (χ3v) is 1.29. The van der Waals surface area contributed by atoms with E-state index >= 15 is 0 Å². The number of halogens is 1. The molecule has 0 amide bonds. The van der Waals surface area contributed by atoms with Crippen LogP contribution in [0.3, 0.4) is 0 Å². The smallest absolute Gasteiger partial charge is 1.00 e. The summed E-state index contributed by atoms with van der Waals surface area (Å²) in [5.41, 5.74) is -2.74. The molecule has 7 nitrogen and oxygen atoms in total. The number of carboxylic acid groups (broad SMARTS) is 3. The summed E-state index contributed by atoms with van der Waals surface area (Å²) in [5, 5.41) is 33.8. The Balaban J connectivity index is -0.0000000343. The van der Waals surface area contributed by atoms with Crippen LogP contribution >= 0.6 is 12.4 Å². The van der Waals surface area contributed by atoms with Gasteiger partial charge in [0.05, 0.1) is 12.8 Å². The molecule has 0 aliphatic carbocycles. The van der Waals surface area contributed by atoms with Crippen molar-refractivity contribution in [3.05, 3.63) is 0 Å². The molecule has 0 saturated heterocycles. The van der Waals surface area contributed by atoms with E-state index in [4.69, 9.17) is 20.4 Å². The second-order valence-corrected chi connectivity index (χ2v) is 2.48. The number of hydrogen-bond donors (Lipinski definition) is 4. The normalized spacial score (nSPS) is 8.29. The van der Waals surface area contributed by atoms with Gasteiger partial charge in [-0.3, -0.25) is 9.59 Å². The van der Waals surface area contributed by atoms with Crippen LogP contribution in [0.15, 0.2) is 0 Å². The topological polar surface area (TPSA) is 132 Å². The SMILES string of the molecule is Cl.O=C(O)CC(O)(CC(=O)O)C(=O)O.[H-].[H-].[H-].[Na+].[Na+].[Na+]. The Morgan fingerprint density at radius 2 is 1.12 bits per heavy atom. The van der Waals surface area contributed by atoms with Crippen LogP contribution in [0.5, 0.6) is 0 Å². The van der Waals surface area contributed by atoms with Crippen molar-refractivity contribution in [1.29, 1.82) is 0 Å². The van der Waals surface area contributed by atoms with Crippen LogP contribution in [0, 0.1) is 0 Å². The summed E-state index contributed by atoms with van der Waals surface area (Å²) in [5.74, 6) is -5.02. The number of aliphatic carboxylic acids is 3. The van der Waals surface area contributed by atoms with Gasteiger partial charge in [0.25, 0.3) is 0 Å². The summed E-state index contributed by atoms with van der Waals surface area (Å²) in [6, 6.07) is 0. The third kappa shape index (κ3) is 13.9. The molecule has 0 radical (unpaired) electrons. The van der Waals surface area contributed by atoms with Crippen molar-refractivity contribution in [1.82, 2.24) is 0 Å². The van der Waals surface area contributed by atoms with Crippen molar-refractivity contribution in [2.45, 2.75) is 18.4 Å². The fraction of sp³-hybridized carbons (Fsp3) is 0.500. The van der Waals surface area contributed by atoms with E-state index in [0.717, 1.165) is 0 Å². The molecule has 0 saturated carbocycles. The molecule has 88 valence electrons. The molecule has 0 unspecified atom stereocenters. The van der Waals surface area contributed by atoms with E-state index in [-0.39, 0.29) is 105 Å². The first-order valence-electron chi connectivity index (χ1n) is 3.17. The molecule has 0 fully saturated rings. The summed E-state index contributed by atoms with van der Waals surface area (Å²) in [4.78, 5) is 30.5. The minimum Gasteiger partial charge on any atom is -1.00 e. The number of carboxylic acids is 3. The Bertz CT molecular complexity index is 256. The van der Waals surface area contributed by atoms with Gasteiger partial charge in [0.1, 0.15) is 0 Å². The predicted molar refractivity (Wildman–Crippen MR) is 47.7 cm³/mol. The molecule has 0 aromatic rings. The Morgan fingerprint density at radius 3 is 1.24 bits per heavy atom. The molecule has 0 aliphatic heterocycles. The van der Waals surface area contributed by atoms with E-state index in [1.54, 1.807) is 0 Å². The van der Waals surface area contributed by atoms with Gasteiger partial charge >= 0.3 is 107 Å². The Kier molecular flexibility index (Phi) is 25.8. The molecule has 0 spiro atoms. The van der Waals surface area contributed by atoms with Crippen LogP contribution in [0.1, 0.15) is 17.1 Å². The molecule has 0 heterocycles. The van der Waals surface area contributed by atoms with Gasteiger partial charge in [0, 0.05) is 0 Å². The Labute approximate surface area is 174 Å². The van der Waals surface area contributed by atoms with E-state index in [1.165, 1.54) is 0 Å². The first-order valence-corrected chi connectivity index (χ1v) is 3.17. The van der Waals surface area contributed by atoms with Crippen molar-refractivity contribution < 1.29 is 128 Å². The van der Waals surface area contributed by atoms with Crippen LogP contribution in [0.2, 0.25) is 0 Å². The predicted octanol–water partition coefficient (Wildman–Crippen LogP) is -9.48. The fourth-order valence-corrected chi connectivity index (χ4v) is 0.714. The van der Waals surface area contributed by atoms with Crippen molar-refractivity contribution in [3.8, 4) is 0 Å². The average Bonchev–Trinajstić information content (AvgIpc) is 1.82. The Hall–Kier alpha value is 1.66. The maximum Gasteiger partial charge on any atom is 1.00 e. The number of rotatable bonds is 5. The van der Waals surface area contributed by atoms with Gasteiger partial charge in [-0.25, -0.2) is 4.79 Å².